The highest BCUT2D eigenvalue weighted by molar-refractivity contribution is 5.48. The van der Waals surface area contributed by atoms with Gasteiger partial charge in [0.1, 0.15) is 5.82 Å². The quantitative estimate of drug-likeness (QED) is 0.737. The summed E-state index contributed by atoms with van der Waals surface area (Å²) in [6.45, 7) is 4.13. The van der Waals surface area contributed by atoms with Crippen LogP contribution in [0, 0.1) is 6.92 Å². The summed E-state index contributed by atoms with van der Waals surface area (Å²) in [5.41, 5.74) is 7.73. The number of hydrogen-bond acceptors (Lipinski definition) is 4. The minimum absolute atomic E-state index is 0.208. The molecule has 15 heavy (non-hydrogen) atoms. The number of aryl methyl sites for hydroxylation is 1. The number of aliphatic hydroxyl groups excluding tert-OH is 1. The smallest absolute Gasteiger partial charge is 0.131 e. The summed E-state index contributed by atoms with van der Waals surface area (Å²) in [4.78, 5) is 6.53. The van der Waals surface area contributed by atoms with Gasteiger partial charge in [-0.2, -0.15) is 0 Å². The van der Waals surface area contributed by atoms with E-state index < -0.39 is 0 Å². The summed E-state index contributed by atoms with van der Waals surface area (Å²) >= 11 is 0. The van der Waals surface area contributed by atoms with Gasteiger partial charge in [-0.3, -0.25) is 0 Å². The summed E-state index contributed by atoms with van der Waals surface area (Å²) in [7, 11) is 0. The molecule has 1 aromatic rings. The molecule has 0 spiro atoms. The van der Waals surface area contributed by atoms with E-state index in [1.807, 2.05) is 13.1 Å². The molecule has 0 aromatic carbocycles. The van der Waals surface area contributed by atoms with Crippen molar-refractivity contribution in [2.24, 2.45) is 5.73 Å². The van der Waals surface area contributed by atoms with Gasteiger partial charge in [0, 0.05) is 25.8 Å². The normalized spacial score (nSPS) is 21.0. The van der Waals surface area contributed by atoms with Crippen LogP contribution < -0.4 is 10.6 Å². The minimum atomic E-state index is -0.208. The van der Waals surface area contributed by atoms with Gasteiger partial charge in [0.05, 0.1) is 6.10 Å². The largest absolute Gasteiger partial charge is 0.391 e. The third kappa shape index (κ3) is 2.11. The third-order valence-electron chi connectivity index (χ3n) is 2.81. The molecule has 0 aliphatic carbocycles. The van der Waals surface area contributed by atoms with E-state index in [2.05, 4.69) is 16.0 Å². The van der Waals surface area contributed by atoms with Crippen molar-refractivity contribution in [1.29, 1.82) is 0 Å². The summed E-state index contributed by atoms with van der Waals surface area (Å²) in [6, 6.07) is 2.06. The molecule has 0 radical (unpaired) electrons. The fraction of sp³-hybridized carbons (Fsp3) is 0.545. The van der Waals surface area contributed by atoms with E-state index in [-0.39, 0.29) is 6.10 Å². The third-order valence-corrected chi connectivity index (χ3v) is 2.81. The first-order valence-corrected chi connectivity index (χ1v) is 5.29. The van der Waals surface area contributed by atoms with E-state index in [9.17, 15) is 5.11 Å². The topological polar surface area (TPSA) is 62.4 Å². The van der Waals surface area contributed by atoms with Crippen LogP contribution >= 0.6 is 0 Å². The second-order valence-corrected chi connectivity index (χ2v) is 4.08. The Labute approximate surface area is 89.7 Å². The van der Waals surface area contributed by atoms with Gasteiger partial charge < -0.3 is 15.7 Å². The monoisotopic (exact) mass is 207 g/mol. The molecule has 1 fully saturated rings. The van der Waals surface area contributed by atoms with Gasteiger partial charge >= 0.3 is 0 Å². The Morgan fingerprint density at radius 1 is 1.67 bits per heavy atom. The lowest BCUT2D eigenvalue weighted by Gasteiger charge is -2.19. The van der Waals surface area contributed by atoms with Crippen LogP contribution in [0.15, 0.2) is 12.3 Å². The number of aliphatic hydroxyl groups is 1. The average Bonchev–Trinajstić information content (AvgIpc) is 2.64. The second-order valence-electron chi connectivity index (χ2n) is 4.08. The Morgan fingerprint density at radius 2 is 2.47 bits per heavy atom. The molecular formula is C11H17N3O. The van der Waals surface area contributed by atoms with Crippen LogP contribution in [0.25, 0.3) is 0 Å². The van der Waals surface area contributed by atoms with E-state index in [0.717, 1.165) is 29.9 Å². The van der Waals surface area contributed by atoms with Crippen LogP contribution in [0.2, 0.25) is 0 Å². The lowest BCUT2D eigenvalue weighted by atomic mass is 10.2. The molecule has 3 N–H and O–H groups in total. The molecule has 1 atom stereocenters. The number of hydrogen-bond donors (Lipinski definition) is 2. The molecular weight excluding hydrogens is 190 g/mol. The Hall–Kier alpha value is -1.13. The fourth-order valence-electron chi connectivity index (χ4n) is 2.00. The predicted molar refractivity (Wildman–Crippen MR) is 59.7 cm³/mol. The van der Waals surface area contributed by atoms with Crippen LogP contribution in [0.3, 0.4) is 0 Å². The highest BCUT2D eigenvalue weighted by Crippen LogP contribution is 2.22. The van der Waals surface area contributed by atoms with E-state index >= 15 is 0 Å². The molecule has 4 nitrogen and oxygen atoms in total. The van der Waals surface area contributed by atoms with Gasteiger partial charge in [0.2, 0.25) is 0 Å². The van der Waals surface area contributed by atoms with Crippen molar-refractivity contribution < 1.29 is 5.11 Å². The highest BCUT2D eigenvalue weighted by Gasteiger charge is 2.22. The van der Waals surface area contributed by atoms with Gasteiger partial charge in [0.15, 0.2) is 0 Å². The van der Waals surface area contributed by atoms with E-state index in [0.29, 0.717) is 13.1 Å². The van der Waals surface area contributed by atoms with Gasteiger partial charge in [-0.25, -0.2) is 4.98 Å². The Balaban J connectivity index is 2.21. The van der Waals surface area contributed by atoms with E-state index in [4.69, 9.17) is 5.73 Å². The van der Waals surface area contributed by atoms with Crippen molar-refractivity contribution in [3.8, 4) is 0 Å². The number of nitrogens with two attached hydrogens (primary N) is 1. The zero-order chi connectivity index (χ0) is 10.8. The molecule has 2 heterocycles. The summed E-state index contributed by atoms with van der Waals surface area (Å²) in [6.07, 6.45) is 2.44. The zero-order valence-corrected chi connectivity index (χ0v) is 8.98. The van der Waals surface area contributed by atoms with Crippen LogP contribution in [-0.4, -0.2) is 29.3 Å². The SMILES string of the molecule is Cc1cc(CN)cnc1N1CCC(O)C1. The molecule has 4 heteroatoms. The molecule has 1 aliphatic heterocycles. The van der Waals surface area contributed by atoms with Crippen molar-refractivity contribution in [3.63, 3.8) is 0 Å². The number of rotatable bonds is 2. The lowest BCUT2D eigenvalue weighted by molar-refractivity contribution is 0.198. The van der Waals surface area contributed by atoms with Gasteiger partial charge in [-0.15, -0.1) is 0 Å². The maximum Gasteiger partial charge on any atom is 0.131 e. The van der Waals surface area contributed by atoms with Gasteiger partial charge in [-0.05, 0) is 30.5 Å². The molecule has 2 rings (SSSR count). The predicted octanol–water partition coefficient (Wildman–Crippen LogP) is 0.420. The van der Waals surface area contributed by atoms with Crippen molar-refractivity contribution >= 4 is 5.82 Å². The Morgan fingerprint density at radius 3 is 3.00 bits per heavy atom. The first-order valence-electron chi connectivity index (χ1n) is 5.29. The number of nitrogens with zero attached hydrogens (tertiary/aromatic N) is 2. The van der Waals surface area contributed by atoms with Crippen molar-refractivity contribution in [2.45, 2.75) is 26.0 Å². The fourth-order valence-corrected chi connectivity index (χ4v) is 2.00. The zero-order valence-electron chi connectivity index (χ0n) is 8.98. The number of anilines is 1. The number of aromatic nitrogens is 1. The molecule has 0 saturated carbocycles. The summed E-state index contributed by atoms with van der Waals surface area (Å²) in [5.74, 6) is 0.976. The van der Waals surface area contributed by atoms with Crippen LogP contribution in [-0.2, 0) is 6.54 Å². The molecule has 0 amide bonds. The van der Waals surface area contributed by atoms with Crippen molar-refractivity contribution in [2.75, 3.05) is 18.0 Å². The van der Waals surface area contributed by atoms with Crippen molar-refractivity contribution in [1.82, 2.24) is 4.98 Å². The molecule has 82 valence electrons. The van der Waals surface area contributed by atoms with Gasteiger partial charge in [0.25, 0.3) is 0 Å². The number of pyridine rings is 1. The standard InChI is InChI=1S/C11H17N3O/c1-8-4-9(5-12)6-13-11(8)14-3-2-10(15)7-14/h4,6,10,15H,2-3,5,7,12H2,1H3. The van der Waals surface area contributed by atoms with Crippen LogP contribution in [0.1, 0.15) is 17.5 Å². The van der Waals surface area contributed by atoms with Crippen LogP contribution in [0.4, 0.5) is 5.82 Å². The molecule has 0 bridgehead atoms. The van der Waals surface area contributed by atoms with Crippen LogP contribution in [0.5, 0.6) is 0 Å². The minimum Gasteiger partial charge on any atom is -0.391 e. The second kappa shape index (κ2) is 4.16. The van der Waals surface area contributed by atoms with Gasteiger partial charge in [-0.1, -0.05) is 0 Å². The summed E-state index contributed by atoms with van der Waals surface area (Å²) in [5, 5.41) is 9.46. The van der Waals surface area contributed by atoms with E-state index in [1.165, 1.54) is 0 Å². The first-order chi connectivity index (χ1) is 7.20. The first kappa shape index (κ1) is 10.4. The maximum absolute atomic E-state index is 9.46. The lowest BCUT2D eigenvalue weighted by Crippen LogP contribution is -2.23. The molecule has 1 saturated heterocycles. The number of β-amino-alcohol motifs (C(OH)–C–C–N with tert-alkyl or cyclic N) is 1. The molecule has 1 unspecified atom stereocenters. The summed E-state index contributed by atoms with van der Waals surface area (Å²) < 4.78 is 0. The highest BCUT2D eigenvalue weighted by atomic mass is 16.3. The average molecular weight is 207 g/mol. The maximum atomic E-state index is 9.46. The Kier molecular flexibility index (Phi) is 2.88. The Bertz CT molecular complexity index is 354. The molecule has 1 aromatic heterocycles. The molecule has 1 aliphatic rings. The van der Waals surface area contributed by atoms with Crippen molar-refractivity contribution in [3.05, 3.63) is 23.4 Å². The van der Waals surface area contributed by atoms with E-state index in [1.54, 1.807) is 0 Å².